The summed E-state index contributed by atoms with van der Waals surface area (Å²) in [6, 6.07) is 10.9. The Kier molecular flexibility index (Phi) is 6.87. The van der Waals surface area contributed by atoms with Crippen LogP contribution in [0.15, 0.2) is 48.0 Å². The second kappa shape index (κ2) is 9.41. The quantitative estimate of drug-likeness (QED) is 0.401. The van der Waals surface area contributed by atoms with E-state index in [1.165, 1.54) is 19.1 Å². The summed E-state index contributed by atoms with van der Waals surface area (Å²) in [6.07, 6.45) is 0. The van der Waals surface area contributed by atoms with Gasteiger partial charge >= 0.3 is 0 Å². The predicted molar refractivity (Wildman–Crippen MR) is 119 cm³/mol. The van der Waals surface area contributed by atoms with Gasteiger partial charge in [0.05, 0.1) is 25.8 Å². The van der Waals surface area contributed by atoms with Crippen LogP contribution in [0.4, 0.5) is 0 Å². The van der Waals surface area contributed by atoms with Gasteiger partial charge in [0.1, 0.15) is 5.76 Å². The van der Waals surface area contributed by atoms with Crippen LogP contribution in [0, 0.1) is 0 Å². The molecule has 1 N–H and O–H groups in total. The summed E-state index contributed by atoms with van der Waals surface area (Å²) in [5.41, 5.74) is 1.06. The Morgan fingerprint density at radius 2 is 1.71 bits per heavy atom. The van der Waals surface area contributed by atoms with Crippen molar-refractivity contribution >= 4 is 29.1 Å². The minimum absolute atomic E-state index is 0.0262. The lowest BCUT2D eigenvalue weighted by molar-refractivity contribution is -0.140. The molecule has 1 atom stereocenters. The minimum atomic E-state index is -0.768. The number of nitrogens with zero attached hydrogens (tertiary/aromatic N) is 2. The van der Waals surface area contributed by atoms with E-state index in [9.17, 15) is 14.7 Å². The third-order valence-corrected chi connectivity index (χ3v) is 5.42. The molecule has 7 nitrogen and oxygen atoms in total. The number of halogens is 1. The van der Waals surface area contributed by atoms with Gasteiger partial charge < -0.3 is 24.4 Å². The van der Waals surface area contributed by atoms with Gasteiger partial charge in [-0.15, -0.1) is 0 Å². The molecule has 1 heterocycles. The molecular weight excluding hydrogens is 420 g/mol. The zero-order valence-electron chi connectivity index (χ0n) is 17.9. The Morgan fingerprint density at radius 1 is 1.06 bits per heavy atom. The smallest absolute Gasteiger partial charge is 0.295 e. The molecule has 31 heavy (non-hydrogen) atoms. The Hall–Kier alpha value is -3.03. The number of hydrogen-bond donors (Lipinski definition) is 1. The van der Waals surface area contributed by atoms with Crippen LogP contribution in [0.5, 0.6) is 11.5 Å². The Morgan fingerprint density at radius 3 is 2.29 bits per heavy atom. The fourth-order valence-electron chi connectivity index (χ4n) is 3.55. The van der Waals surface area contributed by atoms with E-state index in [4.69, 9.17) is 21.1 Å². The Balaban J connectivity index is 2.18. The van der Waals surface area contributed by atoms with Gasteiger partial charge in [-0.25, -0.2) is 0 Å². The summed E-state index contributed by atoms with van der Waals surface area (Å²) in [5, 5.41) is 11.5. The molecule has 1 unspecified atom stereocenters. The Labute approximate surface area is 186 Å². The van der Waals surface area contributed by atoms with Gasteiger partial charge in [0.15, 0.2) is 11.5 Å². The molecule has 0 spiro atoms. The van der Waals surface area contributed by atoms with Crippen LogP contribution in [0.1, 0.15) is 17.2 Å². The zero-order valence-corrected chi connectivity index (χ0v) is 18.6. The fourth-order valence-corrected chi connectivity index (χ4v) is 3.68. The first-order valence-electron chi connectivity index (χ1n) is 9.69. The van der Waals surface area contributed by atoms with Crippen molar-refractivity contribution in [3.63, 3.8) is 0 Å². The van der Waals surface area contributed by atoms with Crippen LogP contribution in [0.2, 0.25) is 5.02 Å². The van der Waals surface area contributed by atoms with Crippen LogP contribution in [0.3, 0.4) is 0 Å². The van der Waals surface area contributed by atoms with Crippen LogP contribution in [-0.2, 0) is 9.59 Å². The van der Waals surface area contributed by atoms with E-state index >= 15 is 0 Å². The van der Waals surface area contributed by atoms with Crippen molar-refractivity contribution in [2.75, 3.05) is 41.4 Å². The highest BCUT2D eigenvalue weighted by Crippen LogP contribution is 2.41. The van der Waals surface area contributed by atoms with Crippen LogP contribution < -0.4 is 9.47 Å². The molecule has 2 aromatic carbocycles. The maximum Gasteiger partial charge on any atom is 0.295 e. The Bertz CT molecular complexity index is 1020. The molecule has 0 aromatic heterocycles. The van der Waals surface area contributed by atoms with E-state index in [0.29, 0.717) is 40.7 Å². The number of aliphatic hydroxyl groups excluding tert-OH is 1. The number of likely N-dealkylation sites (N-methyl/N-ethyl adjacent to an activating group) is 1. The zero-order chi connectivity index (χ0) is 22.7. The maximum absolute atomic E-state index is 13.0. The van der Waals surface area contributed by atoms with E-state index in [1.54, 1.807) is 42.5 Å². The predicted octanol–water partition coefficient (Wildman–Crippen LogP) is 3.34. The van der Waals surface area contributed by atoms with E-state index in [0.717, 1.165) is 0 Å². The molecule has 0 radical (unpaired) electrons. The van der Waals surface area contributed by atoms with Crippen molar-refractivity contribution in [3.05, 3.63) is 64.2 Å². The average molecular weight is 445 g/mol. The SMILES string of the molecule is COc1ccc(C2C(=C(O)c3ccc(Cl)cc3)C(=O)C(=O)N2CCN(C)C)cc1OC. The number of benzene rings is 2. The van der Waals surface area contributed by atoms with Gasteiger partial charge in [0, 0.05) is 23.7 Å². The maximum atomic E-state index is 13.0. The third kappa shape index (κ3) is 4.52. The number of likely N-dealkylation sites (tertiary alicyclic amines) is 1. The molecule has 1 amide bonds. The van der Waals surface area contributed by atoms with Crippen molar-refractivity contribution < 1.29 is 24.2 Å². The lowest BCUT2D eigenvalue weighted by Crippen LogP contribution is -2.35. The molecule has 164 valence electrons. The summed E-state index contributed by atoms with van der Waals surface area (Å²) in [4.78, 5) is 29.3. The molecule has 3 rings (SSSR count). The number of aliphatic hydroxyl groups is 1. The summed E-state index contributed by atoms with van der Waals surface area (Å²) in [5.74, 6) is -0.649. The van der Waals surface area contributed by atoms with Crippen LogP contribution in [0.25, 0.3) is 5.76 Å². The van der Waals surface area contributed by atoms with Gasteiger partial charge in [0.2, 0.25) is 0 Å². The molecule has 1 fully saturated rings. The molecule has 0 aliphatic carbocycles. The number of carbonyl (C=O) groups is 2. The van der Waals surface area contributed by atoms with Crippen LogP contribution in [-0.4, -0.2) is 68.0 Å². The lowest BCUT2D eigenvalue weighted by atomic mass is 9.95. The standard InChI is InChI=1S/C23H25ClN2O5/c1-25(2)11-12-26-20(15-7-10-17(30-3)18(13-15)31-4)19(22(28)23(26)29)21(27)14-5-8-16(24)9-6-14/h5-10,13,20,27H,11-12H2,1-4H3. The van der Waals surface area contributed by atoms with Crippen molar-refractivity contribution in [3.8, 4) is 11.5 Å². The number of hydrogen-bond acceptors (Lipinski definition) is 6. The number of Topliss-reactive ketones (excluding diaryl/α,β-unsaturated/α-hetero) is 1. The summed E-state index contributed by atoms with van der Waals surface area (Å²) < 4.78 is 10.7. The van der Waals surface area contributed by atoms with E-state index < -0.39 is 17.7 Å². The van der Waals surface area contributed by atoms with Crippen molar-refractivity contribution in [1.29, 1.82) is 0 Å². The highest BCUT2D eigenvalue weighted by molar-refractivity contribution is 6.46. The molecule has 8 heteroatoms. The first-order chi connectivity index (χ1) is 14.8. The monoisotopic (exact) mass is 444 g/mol. The van der Waals surface area contributed by atoms with E-state index in [2.05, 4.69) is 0 Å². The first-order valence-corrected chi connectivity index (χ1v) is 10.1. The van der Waals surface area contributed by atoms with Crippen molar-refractivity contribution in [1.82, 2.24) is 9.80 Å². The largest absolute Gasteiger partial charge is 0.507 e. The number of ketones is 1. The molecule has 2 aromatic rings. The summed E-state index contributed by atoms with van der Waals surface area (Å²) in [7, 11) is 6.81. The molecule has 1 aliphatic rings. The van der Waals surface area contributed by atoms with Crippen LogP contribution >= 0.6 is 11.6 Å². The van der Waals surface area contributed by atoms with Gasteiger partial charge in [-0.1, -0.05) is 17.7 Å². The van der Waals surface area contributed by atoms with Gasteiger partial charge in [-0.3, -0.25) is 9.59 Å². The summed E-state index contributed by atoms with van der Waals surface area (Å²) in [6.45, 7) is 0.867. The first kappa shape index (κ1) is 22.7. The molecular formula is C23H25ClN2O5. The molecule has 1 aliphatic heterocycles. The lowest BCUT2D eigenvalue weighted by Gasteiger charge is -2.27. The number of ether oxygens (including phenoxy) is 2. The molecule has 1 saturated heterocycles. The molecule has 0 saturated carbocycles. The number of carbonyl (C=O) groups excluding carboxylic acids is 2. The van der Waals surface area contributed by atoms with Gasteiger partial charge in [-0.05, 0) is 56.1 Å². The number of rotatable bonds is 7. The van der Waals surface area contributed by atoms with Crippen molar-refractivity contribution in [2.24, 2.45) is 0 Å². The van der Waals surface area contributed by atoms with E-state index in [1.807, 2.05) is 19.0 Å². The third-order valence-electron chi connectivity index (χ3n) is 5.17. The highest BCUT2D eigenvalue weighted by atomic mass is 35.5. The molecule has 0 bridgehead atoms. The minimum Gasteiger partial charge on any atom is -0.507 e. The second-order valence-electron chi connectivity index (χ2n) is 7.42. The van der Waals surface area contributed by atoms with E-state index in [-0.39, 0.29) is 11.3 Å². The normalized spacial score (nSPS) is 18.0. The number of methoxy groups -OCH3 is 2. The number of amides is 1. The van der Waals surface area contributed by atoms with Gasteiger partial charge in [0.25, 0.3) is 11.7 Å². The average Bonchev–Trinajstić information content (AvgIpc) is 3.01. The highest BCUT2D eigenvalue weighted by Gasteiger charge is 2.46. The van der Waals surface area contributed by atoms with Gasteiger partial charge in [-0.2, -0.15) is 0 Å². The summed E-state index contributed by atoms with van der Waals surface area (Å²) >= 11 is 5.95. The van der Waals surface area contributed by atoms with Crippen molar-refractivity contribution in [2.45, 2.75) is 6.04 Å². The topological polar surface area (TPSA) is 79.3 Å². The second-order valence-corrected chi connectivity index (χ2v) is 7.85. The fraction of sp³-hybridized carbons (Fsp3) is 0.304.